The maximum absolute atomic E-state index is 13.3. The van der Waals surface area contributed by atoms with E-state index >= 15 is 0 Å². The van der Waals surface area contributed by atoms with E-state index in [0.29, 0.717) is 15.7 Å². The molecule has 0 spiro atoms. The zero-order chi connectivity index (χ0) is 23.2. The number of aromatic nitrogens is 5. The predicted octanol–water partition coefficient (Wildman–Crippen LogP) is 3.72. The van der Waals surface area contributed by atoms with E-state index in [1.54, 1.807) is 6.92 Å². The second kappa shape index (κ2) is 8.28. The number of fused-ring (bicyclic) bond motifs is 1. The van der Waals surface area contributed by atoms with Crippen LogP contribution in [-0.2, 0) is 17.1 Å². The van der Waals surface area contributed by atoms with Gasteiger partial charge in [-0.25, -0.2) is 27.0 Å². The van der Waals surface area contributed by atoms with E-state index in [-0.39, 0.29) is 32.4 Å². The molecule has 4 rings (SSSR count). The van der Waals surface area contributed by atoms with Crippen molar-refractivity contribution < 1.29 is 12.8 Å². The largest absolute Gasteiger partial charge is 0.279 e. The molecule has 0 amide bonds. The molecular weight excluding hydrogens is 502 g/mol. The second-order valence-corrected chi connectivity index (χ2v) is 10.1. The van der Waals surface area contributed by atoms with Gasteiger partial charge in [-0.05, 0) is 25.1 Å². The first-order valence-electron chi connectivity index (χ1n) is 8.79. The Bertz CT molecular complexity index is 1540. The summed E-state index contributed by atoms with van der Waals surface area (Å²) in [5.41, 5.74) is 0.474. The van der Waals surface area contributed by atoms with Crippen LogP contribution in [0, 0.1) is 12.7 Å². The van der Waals surface area contributed by atoms with Crippen molar-refractivity contribution in [2.45, 2.75) is 6.92 Å². The second-order valence-electron chi connectivity index (χ2n) is 6.57. The number of rotatable bonds is 5. The smallest absolute Gasteiger partial charge is 0.277 e. The topological polar surface area (TPSA) is 111 Å². The lowest BCUT2D eigenvalue weighted by molar-refractivity contribution is 0.609. The monoisotopic (exact) mass is 514 g/mol. The fourth-order valence-electron chi connectivity index (χ4n) is 2.89. The molecule has 0 unspecified atom stereocenters. The Morgan fingerprint density at radius 1 is 1.22 bits per heavy atom. The Hall–Kier alpha value is -2.80. The van der Waals surface area contributed by atoms with Crippen molar-refractivity contribution in [3.05, 3.63) is 66.7 Å². The molecule has 3 heterocycles. The Kier molecular flexibility index (Phi) is 5.79. The first kappa shape index (κ1) is 22.4. The van der Waals surface area contributed by atoms with E-state index < -0.39 is 15.8 Å². The van der Waals surface area contributed by atoms with Gasteiger partial charge in [-0.15, -0.1) is 10.2 Å². The molecule has 9 nitrogen and oxygen atoms in total. The van der Waals surface area contributed by atoms with Crippen LogP contribution in [0.15, 0.2) is 34.7 Å². The third-order valence-corrected chi connectivity index (χ3v) is 6.81. The number of nitrogens with one attached hydrogen (secondary N) is 1. The van der Waals surface area contributed by atoms with Gasteiger partial charge in [0.05, 0.1) is 33.5 Å². The third kappa shape index (κ3) is 4.26. The molecule has 0 saturated heterocycles. The van der Waals surface area contributed by atoms with Crippen LogP contribution in [0.1, 0.15) is 10.6 Å². The molecule has 0 aliphatic heterocycles. The molecule has 0 fully saturated rings. The molecule has 0 atom stereocenters. The maximum Gasteiger partial charge on any atom is 0.279 e. The van der Waals surface area contributed by atoms with Gasteiger partial charge < -0.3 is 0 Å². The molecule has 166 valence electrons. The molecule has 3 aromatic heterocycles. The highest BCUT2D eigenvalue weighted by Crippen LogP contribution is 2.28. The van der Waals surface area contributed by atoms with Crippen LogP contribution in [0.3, 0.4) is 0 Å². The summed E-state index contributed by atoms with van der Waals surface area (Å²) in [6, 6.07) is 2.04. The van der Waals surface area contributed by atoms with Gasteiger partial charge in [-0.3, -0.25) is 9.52 Å². The van der Waals surface area contributed by atoms with Crippen LogP contribution in [0.2, 0.25) is 10.0 Å². The van der Waals surface area contributed by atoms with Crippen molar-refractivity contribution in [1.82, 2.24) is 24.4 Å². The summed E-state index contributed by atoms with van der Waals surface area (Å²) < 4.78 is 43.3. The van der Waals surface area contributed by atoms with Crippen LogP contribution >= 0.6 is 34.5 Å². The summed E-state index contributed by atoms with van der Waals surface area (Å²) >= 11 is 13.1. The number of sulfonamides is 1. The quantitative estimate of drug-likeness (QED) is 0.434. The number of anilines is 1. The van der Waals surface area contributed by atoms with Crippen molar-refractivity contribution in [1.29, 1.82) is 0 Å². The van der Waals surface area contributed by atoms with Gasteiger partial charge >= 0.3 is 0 Å². The standard InChI is InChI=1S/C18H13Cl2FN6O3S2/c1-9-23-24-17(31-9)15-16-22-7-11(8-27(16)26(2)18(15)28)25-32(29,30)4-3-12-13(19)5-10(21)6-14(12)20/h3-8,25H,1-2H3. The minimum atomic E-state index is -4.01. The number of benzene rings is 1. The van der Waals surface area contributed by atoms with E-state index in [4.69, 9.17) is 23.2 Å². The molecule has 32 heavy (non-hydrogen) atoms. The van der Waals surface area contributed by atoms with Crippen molar-refractivity contribution in [3.8, 4) is 10.6 Å². The lowest BCUT2D eigenvalue weighted by atomic mass is 10.2. The average Bonchev–Trinajstić information content (AvgIpc) is 3.22. The number of hydrogen-bond acceptors (Lipinski definition) is 7. The molecule has 1 N–H and O–H groups in total. The highest BCUT2D eigenvalue weighted by Gasteiger charge is 2.20. The van der Waals surface area contributed by atoms with Crippen LogP contribution in [0.4, 0.5) is 10.1 Å². The normalized spacial score (nSPS) is 12.2. The summed E-state index contributed by atoms with van der Waals surface area (Å²) in [7, 11) is -2.49. The fourth-order valence-corrected chi connectivity index (χ4v) is 5.01. The van der Waals surface area contributed by atoms with Crippen LogP contribution < -0.4 is 10.3 Å². The van der Waals surface area contributed by atoms with E-state index in [9.17, 15) is 17.6 Å². The van der Waals surface area contributed by atoms with Gasteiger partial charge in [0.1, 0.15) is 16.4 Å². The molecule has 0 bridgehead atoms. The minimum absolute atomic E-state index is 0.0358. The zero-order valence-corrected chi connectivity index (χ0v) is 19.5. The van der Waals surface area contributed by atoms with E-state index in [2.05, 4.69) is 19.9 Å². The summed E-state index contributed by atoms with van der Waals surface area (Å²) in [5.74, 6) is -0.641. The van der Waals surface area contributed by atoms with Gasteiger partial charge in [-0.1, -0.05) is 34.5 Å². The summed E-state index contributed by atoms with van der Waals surface area (Å²) in [6.07, 6.45) is 3.83. The number of halogens is 3. The lowest BCUT2D eigenvalue weighted by Gasteiger charge is -2.07. The molecular formula is C18H13Cl2FN6O3S2. The van der Waals surface area contributed by atoms with Crippen molar-refractivity contribution >= 4 is 62.0 Å². The molecule has 1 aromatic carbocycles. The number of aryl methyl sites for hydroxylation is 2. The van der Waals surface area contributed by atoms with E-state index in [1.165, 1.54) is 40.0 Å². The Morgan fingerprint density at radius 2 is 1.91 bits per heavy atom. The molecule has 0 radical (unpaired) electrons. The van der Waals surface area contributed by atoms with Crippen LogP contribution in [-0.4, -0.2) is 32.8 Å². The molecule has 14 heteroatoms. The van der Waals surface area contributed by atoms with Gasteiger partial charge in [0.2, 0.25) is 0 Å². The van der Waals surface area contributed by atoms with E-state index in [0.717, 1.165) is 23.6 Å². The lowest BCUT2D eigenvalue weighted by Crippen LogP contribution is -2.16. The summed E-state index contributed by atoms with van der Waals surface area (Å²) in [6.45, 7) is 1.77. The number of nitrogens with zero attached hydrogens (tertiary/aromatic N) is 5. The third-order valence-electron chi connectivity index (χ3n) is 4.32. The fraction of sp³-hybridized carbons (Fsp3) is 0.111. The Labute approximate surface area is 194 Å². The first-order valence-corrected chi connectivity index (χ1v) is 11.9. The highest BCUT2D eigenvalue weighted by molar-refractivity contribution is 7.95. The summed E-state index contributed by atoms with van der Waals surface area (Å²) in [5, 5.41) is 9.80. The minimum Gasteiger partial charge on any atom is -0.277 e. The first-order chi connectivity index (χ1) is 15.1. The molecule has 0 saturated carbocycles. The van der Waals surface area contributed by atoms with Gasteiger partial charge in [-0.2, -0.15) is 0 Å². The van der Waals surface area contributed by atoms with Crippen molar-refractivity contribution in [3.63, 3.8) is 0 Å². The number of hydrogen-bond donors (Lipinski definition) is 1. The van der Waals surface area contributed by atoms with Crippen LogP contribution in [0.5, 0.6) is 0 Å². The highest BCUT2D eigenvalue weighted by atomic mass is 35.5. The average molecular weight is 515 g/mol. The van der Waals surface area contributed by atoms with Gasteiger partial charge in [0, 0.05) is 12.6 Å². The van der Waals surface area contributed by atoms with Crippen molar-refractivity contribution in [2.24, 2.45) is 7.05 Å². The zero-order valence-electron chi connectivity index (χ0n) is 16.4. The predicted molar refractivity (Wildman–Crippen MR) is 122 cm³/mol. The Morgan fingerprint density at radius 3 is 2.53 bits per heavy atom. The molecule has 0 aliphatic carbocycles. The van der Waals surface area contributed by atoms with E-state index in [1.807, 2.05) is 0 Å². The molecule has 0 aliphatic rings. The van der Waals surface area contributed by atoms with Gasteiger partial charge in [0.15, 0.2) is 10.7 Å². The maximum atomic E-state index is 13.3. The molecule has 4 aromatic rings. The van der Waals surface area contributed by atoms with Gasteiger partial charge in [0.25, 0.3) is 15.6 Å². The Balaban J connectivity index is 1.68. The van der Waals surface area contributed by atoms with Crippen LogP contribution in [0.25, 0.3) is 22.3 Å². The van der Waals surface area contributed by atoms with Crippen molar-refractivity contribution in [2.75, 3.05) is 4.72 Å². The summed E-state index contributed by atoms with van der Waals surface area (Å²) in [4.78, 5) is 16.9. The SMILES string of the molecule is Cc1nnc(-c2c(=O)n(C)n3cc(NS(=O)(=O)C=Cc4c(Cl)cc(F)cc4Cl)cnc23)s1.